The van der Waals surface area contributed by atoms with Crippen LogP contribution < -0.4 is 10.3 Å². The molecule has 2 N–H and O–H groups in total. The number of para-hydroxylation sites is 1. The molecule has 2 amide bonds. The summed E-state index contributed by atoms with van der Waals surface area (Å²) in [6, 6.07) is 6.35. The summed E-state index contributed by atoms with van der Waals surface area (Å²) in [4.78, 5) is 23.1. The van der Waals surface area contributed by atoms with E-state index in [1.54, 1.807) is 31.2 Å². The van der Waals surface area contributed by atoms with Crippen molar-refractivity contribution < 1.29 is 14.3 Å². The Morgan fingerprint density at radius 1 is 1.40 bits per heavy atom. The third-order valence-electron chi connectivity index (χ3n) is 2.95. The number of fused-ring (bicyclic) bond motifs is 1. The van der Waals surface area contributed by atoms with E-state index in [0.717, 1.165) is 0 Å². The zero-order chi connectivity index (χ0) is 14.8. The van der Waals surface area contributed by atoms with Gasteiger partial charge in [-0.05, 0) is 13.0 Å². The molecule has 20 heavy (non-hydrogen) atoms. The van der Waals surface area contributed by atoms with Gasteiger partial charge in [-0.2, -0.15) is 0 Å². The smallest absolute Gasteiger partial charge is 0.447 e. The summed E-state index contributed by atoms with van der Waals surface area (Å²) in [7, 11) is 0. The van der Waals surface area contributed by atoms with Gasteiger partial charge >= 0.3 is 12.0 Å². The summed E-state index contributed by atoms with van der Waals surface area (Å²) in [6.45, 7) is 5.11. The molecule has 0 aromatic heterocycles. The first kappa shape index (κ1) is 13.9. The maximum atomic E-state index is 11.8. The first-order valence-electron chi connectivity index (χ1n) is 6.01. The quantitative estimate of drug-likeness (QED) is 0.518. The van der Waals surface area contributed by atoms with Gasteiger partial charge in [0.25, 0.3) is 0 Å². The van der Waals surface area contributed by atoms with Gasteiger partial charge in [-0.3, -0.25) is 0 Å². The number of hydrogen-bond acceptors (Lipinski definition) is 5. The average Bonchev–Trinajstić information content (AvgIpc) is 2.79. The first-order valence-corrected chi connectivity index (χ1v) is 6.01. The van der Waals surface area contributed by atoms with E-state index in [1.165, 1.54) is 0 Å². The van der Waals surface area contributed by atoms with Crippen LogP contribution in [0.4, 0.5) is 16.2 Å². The first-order chi connectivity index (χ1) is 9.47. The fraction of sp³-hybridized carbons (Fsp3) is 0.231. The molecule has 0 bridgehead atoms. The van der Waals surface area contributed by atoms with E-state index >= 15 is 0 Å². The number of quaternary nitrogens is 1. The van der Waals surface area contributed by atoms with E-state index in [0.29, 0.717) is 16.9 Å². The van der Waals surface area contributed by atoms with Crippen molar-refractivity contribution in [1.29, 1.82) is 0 Å². The van der Waals surface area contributed by atoms with Crippen LogP contribution >= 0.6 is 0 Å². The molecular weight excluding hydrogens is 260 g/mol. The van der Waals surface area contributed by atoms with Crippen molar-refractivity contribution in [2.45, 2.75) is 6.92 Å². The lowest BCUT2D eigenvalue weighted by molar-refractivity contribution is -0.139. The van der Waals surface area contributed by atoms with Crippen LogP contribution in [0, 0.1) is 0 Å². The van der Waals surface area contributed by atoms with E-state index in [9.17, 15) is 9.59 Å². The van der Waals surface area contributed by atoms with Crippen molar-refractivity contribution in [3.05, 3.63) is 36.4 Å². The lowest BCUT2D eigenvalue weighted by Crippen LogP contribution is -2.53. The van der Waals surface area contributed by atoms with Crippen LogP contribution in [0.5, 0.6) is 0 Å². The maximum absolute atomic E-state index is 11.8. The number of hydrogen-bond donors (Lipinski definition) is 1. The third kappa shape index (κ3) is 2.30. The van der Waals surface area contributed by atoms with E-state index in [4.69, 9.17) is 10.5 Å². The minimum Gasteiger partial charge on any atom is -0.456 e. The Labute approximate surface area is 115 Å². The Bertz CT molecular complexity index is 611. The van der Waals surface area contributed by atoms with Crippen molar-refractivity contribution in [3.8, 4) is 0 Å². The molecule has 1 heterocycles. The molecule has 1 unspecified atom stereocenters. The Balaban J connectivity index is 2.18. The number of amides is 2. The summed E-state index contributed by atoms with van der Waals surface area (Å²) in [6.07, 6.45) is 0. The molecule has 1 aliphatic rings. The van der Waals surface area contributed by atoms with Crippen molar-refractivity contribution in [1.82, 2.24) is 4.59 Å². The molecule has 7 heteroatoms. The second kappa shape index (κ2) is 5.22. The van der Waals surface area contributed by atoms with Crippen LogP contribution in [0.25, 0.3) is 0 Å². The van der Waals surface area contributed by atoms with Gasteiger partial charge < -0.3 is 10.5 Å². The molecule has 1 aromatic rings. The highest BCUT2D eigenvalue weighted by Gasteiger charge is 2.45. The highest BCUT2D eigenvalue weighted by atomic mass is 16.5. The van der Waals surface area contributed by atoms with Crippen LogP contribution in [0.2, 0.25) is 0 Å². The summed E-state index contributed by atoms with van der Waals surface area (Å²) < 4.78 is 4.49. The minimum atomic E-state index is -0.676. The molecule has 0 aliphatic carbocycles. The zero-order valence-electron chi connectivity index (χ0n) is 11.1. The predicted molar refractivity (Wildman–Crippen MR) is 73.0 cm³/mol. The third-order valence-corrected chi connectivity index (χ3v) is 2.95. The summed E-state index contributed by atoms with van der Waals surface area (Å²) in [5, 5.41) is 7.90. The van der Waals surface area contributed by atoms with Gasteiger partial charge in [-0.1, -0.05) is 28.4 Å². The van der Waals surface area contributed by atoms with Crippen molar-refractivity contribution in [3.63, 3.8) is 0 Å². The fourth-order valence-corrected chi connectivity index (χ4v) is 1.87. The number of nitrogens with zero attached hydrogens (tertiary/aromatic N) is 3. The summed E-state index contributed by atoms with van der Waals surface area (Å²) >= 11 is 0. The monoisotopic (exact) mass is 275 g/mol. The molecule has 0 spiro atoms. The molecule has 2 rings (SSSR count). The topological polar surface area (TPSA) is 94.1 Å². The number of nitrogens with two attached hydrogens (primary N) is 1. The highest BCUT2D eigenvalue weighted by molar-refractivity contribution is 5.90. The number of carbonyl (C=O) groups is 2. The number of rotatable bonds is 4. The Hall–Kier alpha value is -2.54. The maximum Gasteiger partial charge on any atom is 0.447 e. The molecule has 0 fully saturated rings. The van der Waals surface area contributed by atoms with E-state index in [1.807, 2.05) is 0 Å². The lowest BCUT2D eigenvalue weighted by atomic mass is 10.2. The van der Waals surface area contributed by atoms with Crippen LogP contribution in [0.15, 0.2) is 46.8 Å². The van der Waals surface area contributed by atoms with Crippen molar-refractivity contribution >= 4 is 23.4 Å². The molecule has 7 nitrogen and oxygen atoms in total. The predicted octanol–water partition coefficient (Wildman–Crippen LogP) is 2.20. The molecule has 104 valence electrons. The van der Waals surface area contributed by atoms with Gasteiger partial charge in [0.1, 0.15) is 6.61 Å². The number of benzene rings is 1. The second-order valence-corrected chi connectivity index (χ2v) is 4.43. The summed E-state index contributed by atoms with van der Waals surface area (Å²) in [5.74, 6) is -0.517. The molecule has 1 aromatic carbocycles. The fourth-order valence-electron chi connectivity index (χ4n) is 1.87. The van der Waals surface area contributed by atoms with Crippen LogP contribution in [-0.4, -0.2) is 25.2 Å². The van der Waals surface area contributed by atoms with Crippen molar-refractivity contribution in [2.75, 3.05) is 13.2 Å². The normalized spacial score (nSPS) is 19.4. The zero-order valence-corrected chi connectivity index (χ0v) is 11.1. The van der Waals surface area contributed by atoms with Gasteiger partial charge in [-0.15, -0.1) is 0 Å². The SMILES string of the molecule is C=C(C)C(=O)OCC[N+]1(C(N)=O)N=Nc2ccccc21. The number of carbonyl (C=O) groups excluding carboxylic acids is 2. The largest absolute Gasteiger partial charge is 0.456 e. The Kier molecular flexibility index (Phi) is 3.62. The number of urea groups is 1. The molecule has 0 radical (unpaired) electrons. The Morgan fingerprint density at radius 2 is 2.10 bits per heavy atom. The van der Waals surface area contributed by atoms with E-state index in [-0.39, 0.29) is 13.2 Å². The lowest BCUT2D eigenvalue weighted by Gasteiger charge is -2.21. The van der Waals surface area contributed by atoms with Gasteiger partial charge in [0.05, 0.1) is 0 Å². The van der Waals surface area contributed by atoms with Gasteiger partial charge in [0.15, 0.2) is 17.9 Å². The Morgan fingerprint density at radius 3 is 2.75 bits per heavy atom. The van der Waals surface area contributed by atoms with Gasteiger partial charge in [0, 0.05) is 16.9 Å². The molecule has 0 saturated carbocycles. The second-order valence-electron chi connectivity index (χ2n) is 4.43. The summed E-state index contributed by atoms with van der Waals surface area (Å²) in [5.41, 5.74) is 6.89. The van der Waals surface area contributed by atoms with Crippen molar-refractivity contribution in [2.24, 2.45) is 16.1 Å². The van der Waals surface area contributed by atoms with Crippen LogP contribution in [-0.2, 0) is 9.53 Å². The van der Waals surface area contributed by atoms with Gasteiger partial charge in [-0.25, -0.2) is 9.59 Å². The van der Waals surface area contributed by atoms with Gasteiger partial charge in [0.2, 0.25) is 0 Å². The molecular formula is C13H15N4O3+. The van der Waals surface area contributed by atoms with Crippen LogP contribution in [0.1, 0.15) is 6.92 Å². The highest BCUT2D eigenvalue weighted by Crippen LogP contribution is 2.40. The number of ether oxygens (including phenoxy) is 1. The molecule has 0 saturated heterocycles. The minimum absolute atomic E-state index is 0.0119. The number of primary amides is 1. The molecule has 1 atom stereocenters. The average molecular weight is 275 g/mol. The molecule has 1 aliphatic heterocycles. The van der Waals surface area contributed by atoms with E-state index in [2.05, 4.69) is 16.9 Å². The standard InChI is InChI=1S/C13H14N4O3/c1-9(2)12(18)20-8-7-17(13(14)19)11-6-4-3-5-10(11)15-16-17/h3-6H,1,7-8H2,2H3,(H-,14,19)/p+1. The van der Waals surface area contributed by atoms with Crippen LogP contribution in [0.3, 0.4) is 0 Å². The van der Waals surface area contributed by atoms with E-state index < -0.39 is 16.6 Å². The number of esters is 1.